The molecule has 4 nitrogen and oxygen atoms in total. The second kappa shape index (κ2) is 4.88. The minimum atomic E-state index is 0.575. The van der Waals surface area contributed by atoms with Crippen molar-refractivity contribution in [3.63, 3.8) is 0 Å². The maximum absolute atomic E-state index is 6.13. The Morgan fingerprint density at radius 2 is 2.11 bits per heavy atom. The molecule has 0 radical (unpaired) electrons. The van der Waals surface area contributed by atoms with Crippen molar-refractivity contribution in [3.05, 3.63) is 28.7 Å². The van der Waals surface area contributed by atoms with Crippen LogP contribution in [-0.2, 0) is 6.54 Å². The Hall–Kier alpha value is -1.50. The SMILES string of the molecule is CN(C)Cc1nc(N)c2c(-c3cccs3)csc2n1. The largest absolute Gasteiger partial charge is 0.383 e. The molecule has 2 N–H and O–H groups in total. The molecule has 0 aliphatic rings. The third kappa shape index (κ3) is 2.34. The van der Waals surface area contributed by atoms with E-state index in [0.29, 0.717) is 12.4 Å². The molecule has 6 heteroatoms. The lowest BCUT2D eigenvalue weighted by Crippen LogP contribution is -2.14. The van der Waals surface area contributed by atoms with Crippen molar-refractivity contribution in [2.75, 3.05) is 19.8 Å². The second-order valence-electron chi connectivity index (χ2n) is 4.57. The second-order valence-corrected chi connectivity index (χ2v) is 6.38. The molecule has 0 saturated carbocycles. The molecular formula is C13H14N4S2. The highest BCUT2D eigenvalue weighted by molar-refractivity contribution is 7.18. The van der Waals surface area contributed by atoms with Crippen molar-refractivity contribution in [1.29, 1.82) is 0 Å². The first-order valence-electron chi connectivity index (χ1n) is 5.87. The predicted octanol–water partition coefficient (Wildman–Crippen LogP) is 3.06. The summed E-state index contributed by atoms with van der Waals surface area (Å²) in [6.45, 7) is 0.701. The van der Waals surface area contributed by atoms with E-state index < -0.39 is 0 Å². The van der Waals surface area contributed by atoms with E-state index in [9.17, 15) is 0 Å². The highest BCUT2D eigenvalue weighted by Crippen LogP contribution is 2.37. The minimum Gasteiger partial charge on any atom is -0.383 e. The molecule has 98 valence electrons. The Morgan fingerprint density at radius 1 is 1.26 bits per heavy atom. The Kier molecular flexibility index (Phi) is 3.22. The van der Waals surface area contributed by atoms with Crippen LogP contribution in [0.15, 0.2) is 22.9 Å². The van der Waals surface area contributed by atoms with Gasteiger partial charge in [-0.15, -0.1) is 22.7 Å². The van der Waals surface area contributed by atoms with Crippen LogP contribution in [0.4, 0.5) is 5.82 Å². The number of nitrogens with zero attached hydrogens (tertiary/aromatic N) is 3. The van der Waals surface area contributed by atoms with Crippen LogP contribution >= 0.6 is 22.7 Å². The van der Waals surface area contributed by atoms with E-state index in [-0.39, 0.29) is 0 Å². The van der Waals surface area contributed by atoms with Gasteiger partial charge < -0.3 is 10.6 Å². The van der Waals surface area contributed by atoms with Crippen LogP contribution < -0.4 is 5.73 Å². The van der Waals surface area contributed by atoms with Crippen molar-refractivity contribution >= 4 is 38.7 Å². The zero-order chi connectivity index (χ0) is 13.4. The molecule has 0 aliphatic heterocycles. The molecule has 0 unspecified atom stereocenters. The van der Waals surface area contributed by atoms with E-state index in [1.807, 2.05) is 25.1 Å². The summed E-state index contributed by atoms with van der Waals surface area (Å²) in [6.07, 6.45) is 0. The lowest BCUT2D eigenvalue weighted by atomic mass is 10.2. The van der Waals surface area contributed by atoms with Gasteiger partial charge in [-0.1, -0.05) is 6.07 Å². The van der Waals surface area contributed by atoms with Crippen molar-refractivity contribution in [1.82, 2.24) is 14.9 Å². The number of nitrogen functional groups attached to an aromatic ring is 1. The van der Waals surface area contributed by atoms with Crippen molar-refractivity contribution in [2.24, 2.45) is 0 Å². The lowest BCUT2D eigenvalue weighted by molar-refractivity contribution is 0.391. The Labute approximate surface area is 119 Å². The first-order chi connectivity index (χ1) is 9.15. The molecule has 0 atom stereocenters. The molecule has 0 fully saturated rings. The van der Waals surface area contributed by atoms with Gasteiger partial charge in [0.25, 0.3) is 0 Å². The van der Waals surface area contributed by atoms with Gasteiger partial charge in [-0.05, 0) is 25.5 Å². The van der Waals surface area contributed by atoms with Gasteiger partial charge in [0.05, 0.1) is 11.9 Å². The minimum absolute atomic E-state index is 0.575. The van der Waals surface area contributed by atoms with Crippen LogP contribution in [0, 0.1) is 0 Å². The van der Waals surface area contributed by atoms with Gasteiger partial charge in [0.15, 0.2) is 0 Å². The van der Waals surface area contributed by atoms with E-state index in [2.05, 4.69) is 26.8 Å². The molecular weight excluding hydrogens is 276 g/mol. The van der Waals surface area contributed by atoms with Crippen LogP contribution in [0.25, 0.3) is 20.7 Å². The highest BCUT2D eigenvalue weighted by atomic mass is 32.1. The molecule has 3 heterocycles. The third-order valence-electron chi connectivity index (χ3n) is 2.75. The summed E-state index contributed by atoms with van der Waals surface area (Å²) in [7, 11) is 3.99. The summed E-state index contributed by atoms with van der Waals surface area (Å²) in [5, 5.41) is 5.16. The van der Waals surface area contributed by atoms with Gasteiger partial charge in [-0.3, -0.25) is 0 Å². The summed E-state index contributed by atoms with van der Waals surface area (Å²) < 4.78 is 0. The number of fused-ring (bicyclic) bond motifs is 1. The summed E-state index contributed by atoms with van der Waals surface area (Å²) in [6, 6.07) is 4.14. The first kappa shape index (κ1) is 12.5. The van der Waals surface area contributed by atoms with Crippen LogP contribution in [0.2, 0.25) is 0 Å². The number of hydrogen-bond acceptors (Lipinski definition) is 6. The van der Waals surface area contributed by atoms with Crippen LogP contribution in [0.3, 0.4) is 0 Å². The number of thiophene rings is 2. The maximum atomic E-state index is 6.13. The fourth-order valence-electron chi connectivity index (χ4n) is 1.98. The summed E-state index contributed by atoms with van der Waals surface area (Å²) >= 11 is 3.33. The molecule has 0 amide bonds. The van der Waals surface area contributed by atoms with Gasteiger partial charge in [0.1, 0.15) is 16.5 Å². The predicted molar refractivity (Wildman–Crippen MR) is 82.5 cm³/mol. The Bertz CT molecular complexity index is 701. The quantitative estimate of drug-likeness (QED) is 0.805. The number of anilines is 1. The van der Waals surface area contributed by atoms with Gasteiger partial charge in [0, 0.05) is 15.8 Å². The fourth-order valence-corrected chi connectivity index (χ4v) is 3.77. The Morgan fingerprint density at radius 3 is 2.79 bits per heavy atom. The average Bonchev–Trinajstić information content (AvgIpc) is 2.94. The van der Waals surface area contributed by atoms with Crippen molar-refractivity contribution in [3.8, 4) is 10.4 Å². The lowest BCUT2D eigenvalue weighted by Gasteiger charge is -2.09. The van der Waals surface area contributed by atoms with Crippen molar-refractivity contribution < 1.29 is 0 Å². The zero-order valence-electron chi connectivity index (χ0n) is 10.8. The van der Waals surface area contributed by atoms with E-state index in [4.69, 9.17) is 5.73 Å². The molecule has 0 aromatic carbocycles. The van der Waals surface area contributed by atoms with Gasteiger partial charge in [-0.25, -0.2) is 9.97 Å². The van der Waals surface area contributed by atoms with E-state index in [1.54, 1.807) is 22.7 Å². The number of rotatable bonds is 3. The van der Waals surface area contributed by atoms with E-state index >= 15 is 0 Å². The van der Waals surface area contributed by atoms with Crippen LogP contribution in [-0.4, -0.2) is 29.0 Å². The van der Waals surface area contributed by atoms with Crippen LogP contribution in [0.1, 0.15) is 5.82 Å². The van der Waals surface area contributed by atoms with E-state index in [1.165, 1.54) is 4.88 Å². The summed E-state index contributed by atoms with van der Waals surface area (Å²) in [5.41, 5.74) is 7.27. The smallest absolute Gasteiger partial charge is 0.146 e. The molecule has 3 rings (SSSR count). The van der Waals surface area contributed by atoms with Gasteiger partial charge >= 0.3 is 0 Å². The molecule has 0 spiro atoms. The van der Waals surface area contributed by atoms with Crippen molar-refractivity contribution in [2.45, 2.75) is 6.54 Å². The maximum Gasteiger partial charge on any atom is 0.146 e. The molecule has 19 heavy (non-hydrogen) atoms. The summed E-state index contributed by atoms with van der Waals surface area (Å²) in [4.78, 5) is 13.2. The molecule has 0 saturated heterocycles. The number of aromatic nitrogens is 2. The third-order valence-corrected chi connectivity index (χ3v) is 4.53. The summed E-state index contributed by atoms with van der Waals surface area (Å²) in [5.74, 6) is 1.35. The average molecular weight is 290 g/mol. The fraction of sp³-hybridized carbons (Fsp3) is 0.231. The topological polar surface area (TPSA) is 55.0 Å². The first-order valence-corrected chi connectivity index (χ1v) is 7.63. The monoisotopic (exact) mass is 290 g/mol. The molecule has 0 aliphatic carbocycles. The zero-order valence-corrected chi connectivity index (χ0v) is 12.4. The van der Waals surface area contributed by atoms with Gasteiger partial charge in [-0.2, -0.15) is 0 Å². The molecule has 3 aromatic heterocycles. The van der Waals surface area contributed by atoms with E-state index in [0.717, 1.165) is 21.6 Å². The normalized spacial score (nSPS) is 11.5. The standard InChI is InChI=1S/C13H14N4S2/c1-17(2)6-10-15-12(14)11-8(7-19-13(11)16-10)9-4-3-5-18-9/h3-5,7H,6H2,1-2H3,(H2,14,15,16). The highest BCUT2D eigenvalue weighted by Gasteiger charge is 2.14. The molecule has 3 aromatic rings. The van der Waals surface area contributed by atoms with Gasteiger partial charge in [0.2, 0.25) is 0 Å². The Balaban J connectivity index is 2.14. The van der Waals surface area contributed by atoms with Crippen LogP contribution in [0.5, 0.6) is 0 Å². The molecule has 0 bridgehead atoms. The number of hydrogen-bond donors (Lipinski definition) is 1. The number of nitrogens with two attached hydrogens (primary N) is 1.